The highest BCUT2D eigenvalue weighted by molar-refractivity contribution is 7.98. The molecule has 1 fully saturated rings. The number of rotatable bonds is 4. The van der Waals surface area contributed by atoms with E-state index in [1.165, 1.54) is 12.8 Å². The summed E-state index contributed by atoms with van der Waals surface area (Å²) in [6.45, 7) is 1.82. The van der Waals surface area contributed by atoms with Crippen molar-refractivity contribution in [1.29, 1.82) is 0 Å². The molecule has 0 spiro atoms. The van der Waals surface area contributed by atoms with E-state index in [0.29, 0.717) is 0 Å². The van der Waals surface area contributed by atoms with Gasteiger partial charge in [0, 0.05) is 13.1 Å². The third-order valence-electron chi connectivity index (χ3n) is 2.87. The Morgan fingerprint density at radius 3 is 2.47 bits per heavy atom. The summed E-state index contributed by atoms with van der Waals surface area (Å²) in [5, 5.41) is 0. The van der Waals surface area contributed by atoms with Gasteiger partial charge in [-0.15, -0.1) is 0 Å². The molecule has 0 radical (unpaired) electrons. The topological polar surface area (TPSA) is 46.3 Å². The van der Waals surface area contributed by atoms with E-state index in [9.17, 15) is 4.79 Å². The summed E-state index contributed by atoms with van der Waals surface area (Å²) in [5.41, 5.74) is 5.88. The van der Waals surface area contributed by atoms with Gasteiger partial charge >= 0.3 is 0 Å². The Labute approximate surface area is 96.8 Å². The zero-order valence-electron chi connectivity index (χ0n) is 9.58. The summed E-state index contributed by atoms with van der Waals surface area (Å²) in [6.07, 6.45) is 7.63. The maximum atomic E-state index is 11.9. The van der Waals surface area contributed by atoms with Gasteiger partial charge in [0.2, 0.25) is 5.91 Å². The Morgan fingerprint density at radius 2 is 1.93 bits per heavy atom. The highest BCUT2D eigenvalue weighted by Crippen LogP contribution is 2.11. The fourth-order valence-corrected chi connectivity index (χ4v) is 2.38. The van der Waals surface area contributed by atoms with Gasteiger partial charge in [-0.25, -0.2) is 0 Å². The molecule has 0 saturated carbocycles. The second kappa shape index (κ2) is 7.12. The first-order valence-corrected chi connectivity index (χ1v) is 7.18. The summed E-state index contributed by atoms with van der Waals surface area (Å²) in [5.74, 6) is 1.13. The number of thioether (sulfide) groups is 1. The van der Waals surface area contributed by atoms with Crippen molar-refractivity contribution in [2.45, 2.75) is 38.1 Å². The van der Waals surface area contributed by atoms with E-state index in [4.69, 9.17) is 5.73 Å². The summed E-state index contributed by atoms with van der Waals surface area (Å²) < 4.78 is 0. The summed E-state index contributed by atoms with van der Waals surface area (Å²) in [6, 6.07) is -0.282. The number of carbonyl (C=O) groups excluding carboxylic acids is 1. The van der Waals surface area contributed by atoms with Gasteiger partial charge in [0.25, 0.3) is 0 Å². The molecule has 1 aliphatic rings. The molecule has 1 heterocycles. The van der Waals surface area contributed by atoms with Gasteiger partial charge in [0.1, 0.15) is 0 Å². The van der Waals surface area contributed by atoms with Crippen LogP contribution in [-0.2, 0) is 4.79 Å². The lowest BCUT2D eigenvalue weighted by molar-refractivity contribution is -0.132. The largest absolute Gasteiger partial charge is 0.341 e. The second-order valence-corrected chi connectivity index (χ2v) is 5.11. The number of nitrogens with zero attached hydrogens (tertiary/aromatic N) is 1. The molecule has 1 atom stereocenters. The number of likely N-dealkylation sites (tertiary alicyclic amines) is 1. The lowest BCUT2D eigenvalue weighted by atomic mass is 10.2. The van der Waals surface area contributed by atoms with Gasteiger partial charge in [-0.05, 0) is 31.3 Å². The predicted molar refractivity (Wildman–Crippen MR) is 66.0 cm³/mol. The third-order valence-corrected chi connectivity index (χ3v) is 3.51. The quantitative estimate of drug-likeness (QED) is 0.795. The number of hydrogen-bond acceptors (Lipinski definition) is 3. The lowest BCUT2D eigenvalue weighted by Crippen LogP contribution is -2.44. The Hall–Kier alpha value is -0.220. The van der Waals surface area contributed by atoms with Crippen LogP contribution < -0.4 is 5.73 Å². The lowest BCUT2D eigenvalue weighted by Gasteiger charge is -2.23. The predicted octanol–water partition coefficient (Wildman–Crippen LogP) is 1.47. The minimum absolute atomic E-state index is 0.158. The van der Waals surface area contributed by atoms with Crippen molar-refractivity contribution in [2.24, 2.45) is 5.73 Å². The van der Waals surface area contributed by atoms with Gasteiger partial charge in [0.15, 0.2) is 0 Å². The van der Waals surface area contributed by atoms with Crippen molar-refractivity contribution in [3.8, 4) is 0 Å². The first kappa shape index (κ1) is 12.8. The molecule has 0 aliphatic carbocycles. The first-order valence-electron chi connectivity index (χ1n) is 5.79. The van der Waals surface area contributed by atoms with E-state index in [0.717, 1.165) is 38.1 Å². The molecule has 3 nitrogen and oxygen atoms in total. The van der Waals surface area contributed by atoms with Crippen LogP contribution in [0.25, 0.3) is 0 Å². The van der Waals surface area contributed by atoms with E-state index < -0.39 is 0 Å². The average Bonchev–Trinajstić information content (AvgIpc) is 2.53. The molecule has 2 N–H and O–H groups in total. The van der Waals surface area contributed by atoms with E-state index in [2.05, 4.69) is 0 Å². The number of hydrogen-bond donors (Lipinski definition) is 1. The minimum atomic E-state index is -0.282. The van der Waals surface area contributed by atoms with Gasteiger partial charge < -0.3 is 10.6 Å². The van der Waals surface area contributed by atoms with Crippen LogP contribution in [0.1, 0.15) is 32.1 Å². The normalized spacial score (nSPS) is 19.7. The Morgan fingerprint density at radius 1 is 1.33 bits per heavy atom. The number of amides is 1. The van der Waals surface area contributed by atoms with E-state index in [1.54, 1.807) is 11.8 Å². The molecule has 1 aliphatic heterocycles. The fraction of sp³-hybridized carbons (Fsp3) is 0.909. The Bertz CT molecular complexity index is 191. The van der Waals surface area contributed by atoms with Crippen LogP contribution in [0, 0.1) is 0 Å². The maximum absolute atomic E-state index is 11.9. The van der Waals surface area contributed by atoms with Gasteiger partial charge in [-0.3, -0.25) is 4.79 Å². The van der Waals surface area contributed by atoms with Crippen LogP contribution in [-0.4, -0.2) is 41.9 Å². The molecule has 0 bridgehead atoms. The van der Waals surface area contributed by atoms with Crippen LogP contribution in [0.5, 0.6) is 0 Å². The van der Waals surface area contributed by atoms with Crippen molar-refractivity contribution >= 4 is 17.7 Å². The van der Waals surface area contributed by atoms with Gasteiger partial charge in [-0.1, -0.05) is 12.8 Å². The molecule has 88 valence electrons. The molecule has 0 unspecified atom stereocenters. The van der Waals surface area contributed by atoms with E-state index >= 15 is 0 Å². The molecular weight excluding hydrogens is 208 g/mol. The van der Waals surface area contributed by atoms with Gasteiger partial charge in [-0.2, -0.15) is 11.8 Å². The molecule has 1 saturated heterocycles. The average molecular weight is 230 g/mol. The Kier molecular flexibility index (Phi) is 6.10. The van der Waals surface area contributed by atoms with Gasteiger partial charge in [0.05, 0.1) is 6.04 Å². The van der Waals surface area contributed by atoms with Crippen molar-refractivity contribution in [3.63, 3.8) is 0 Å². The minimum Gasteiger partial charge on any atom is -0.341 e. The molecule has 0 aromatic rings. The zero-order chi connectivity index (χ0) is 11.1. The standard InChI is InChI=1S/C11H22N2OS/c1-15-9-6-10(12)11(14)13-7-4-2-3-5-8-13/h10H,2-9,12H2,1H3/t10-/m0/s1. The highest BCUT2D eigenvalue weighted by Gasteiger charge is 2.21. The van der Waals surface area contributed by atoms with E-state index in [1.807, 2.05) is 11.2 Å². The van der Waals surface area contributed by atoms with Crippen LogP contribution >= 0.6 is 11.8 Å². The molecule has 0 aromatic heterocycles. The van der Waals surface area contributed by atoms with Crippen molar-refractivity contribution in [2.75, 3.05) is 25.1 Å². The second-order valence-electron chi connectivity index (χ2n) is 4.13. The number of nitrogens with two attached hydrogens (primary N) is 1. The van der Waals surface area contributed by atoms with Crippen molar-refractivity contribution in [1.82, 2.24) is 4.90 Å². The van der Waals surface area contributed by atoms with Crippen molar-refractivity contribution in [3.05, 3.63) is 0 Å². The maximum Gasteiger partial charge on any atom is 0.239 e. The van der Waals surface area contributed by atoms with Crippen LogP contribution in [0.3, 0.4) is 0 Å². The van der Waals surface area contributed by atoms with Crippen LogP contribution in [0.4, 0.5) is 0 Å². The smallest absolute Gasteiger partial charge is 0.239 e. The third kappa shape index (κ3) is 4.43. The summed E-state index contributed by atoms with van der Waals surface area (Å²) >= 11 is 1.75. The number of carbonyl (C=O) groups is 1. The molecule has 0 aromatic carbocycles. The van der Waals surface area contributed by atoms with E-state index in [-0.39, 0.29) is 11.9 Å². The molecule has 1 amide bonds. The molecular formula is C11H22N2OS. The highest BCUT2D eigenvalue weighted by atomic mass is 32.2. The molecule has 4 heteroatoms. The summed E-state index contributed by atoms with van der Waals surface area (Å²) in [4.78, 5) is 13.9. The van der Waals surface area contributed by atoms with Crippen molar-refractivity contribution < 1.29 is 4.79 Å². The molecule has 1 rings (SSSR count). The molecule has 15 heavy (non-hydrogen) atoms. The zero-order valence-corrected chi connectivity index (χ0v) is 10.4. The van der Waals surface area contributed by atoms with Crippen LogP contribution in [0.2, 0.25) is 0 Å². The fourth-order valence-electron chi connectivity index (χ4n) is 1.89. The Balaban J connectivity index is 2.35. The monoisotopic (exact) mass is 230 g/mol. The SMILES string of the molecule is CSCC[C@H](N)C(=O)N1CCCCCC1. The van der Waals surface area contributed by atoms with Crippen LogP contribution in [0.15, 0.2) is 0 Å². The summed E-state index contributed by atoms with van der Waals surface area (Å²) in [7, 11) is 0. The first-order chi connectivity index (χ1) is 7.25.